The Balaban J connectivity index is 4.27. The minimum absolute atomic E-state index is 0.0788. The second-order valence-electron chi connectivity index (χ2n) is 23.8. The van der Waals surface area contributed by atoms with E-state index in [0.717, 1.165) is 109 Å². The van der Waals surface area contributed by atoms with Gasteiger partial charge >= 0.3 is 17.9 Å². The van der Waals surface area contributed by atoms with E-state index in [4.69, 9.17) is 14.2 Å². The fraction of sp³-hybridized carbons (Fsp3) is 0.776. The highest BCUT2D eigenvalue weighted by molar-refractivity contribution is 5.71. The summed E-state index contributed by atoms with van der Waals surface area (Å²) in [6, 6.07) is 0. The van der Waals surface area contributed by atoms with Gasteiger partial charge in [0.1, 0.15) is 13.2 Å². The van der Waals surface area contributed by atoms with Crippen LogP contribution < -0.4 is 0 Å². The number of hydrogen-bond acceptors (Lipinski definition) is 6. The minimum Gasteiger partial charge on any atom is -0.462 e. The predicted molar refractivity (Wildman–Crippen MR) is 358 cm³/mol. The molecule has 6 nitrogen and oxygen atoms in total. The van der Waals surface area contributed by atoms with Gasteiger partial charge in [0.25, 0.3) is 0 Å². The molecule has 0 N–H and O–H groups in total. The lowest BCUT2D eigenvalue weighted by Gasteiger charge is -2.18. The first-order chi connectivity index (χ1) is 40.5. The molecule has 0 saturated heterocycles. The van der Waals surface area contributed by atoms with Crippen molar-refractivity contribution >= 4 is 17.9 Å². The van der Waals surface area contributed by atoms with Gasteiger partial charge < -0.3 is 14.2 Å². The molecule has 0 saturated carbocycles. The number of rotatable bonds is 65. The molecule has 1 atom stereocenters. The van der Waals surface area contributed by atoms with Crippen LogP contribution in [0.5, 0.6) is 0 Å². The smallest absolute Gasteiger partial charge is 0.306 e. The summed E-state index contributed by atoms with van der Waals surface area (Å²) in [5.74, 6) is -0.875. The summed E-state index contributed by atoms with van der Waals surface area (Å²) in [5, 5.41) is 0. The Bertz CT molecular complexity index is 1550. The molecule has 0 aliphatic carbocycles. The lowest BCUT2D eigenvalue weighted by molar-refractivity contribution is -0.167. The zero-order chi connectivity index (χ0) is 59.2. The average Bonchev–Trinajstić information content (AvgIpc) is 3.47. The van der Waals surface area contributed by atoms with Crippen molar-refractivity contribution in [1.82, 2.24) is 0 Å². The summed E-state index contributed by atoms with van der Waals surface area (Å²) < 4.78 is 17.0. The topological polar surface area (TPSA) is 78.9 Å². The van der Waals surface area contributed by atoms with E-state index in [1.807, 2.05) is 0 Å². The van der Waals surface area contributed by atoms with E-state index >= 15 is 0 Å². The highest BCUT2D eigenvalue weighted by Crippen LogP contribution is 2.18. The number of carbonyl (C=O) groups excluding carboxylic acids is 3. The lowest BCUT2D eigenvalue weighted by atomic mass is 10.0. The first-order valence-corrected chi connectivity index (χ1v) is 35.6. The van der Waals surface area contributed by atoms with Crippen LogP contribution in [0.25, 0.3) is 0 Å². The van der Waals surface area contributed by atoms with E-state index in [9.17, 15) is 14.4 Å². The van der Waals surface area contributed by atoms with E-state index in [-0.39, 0.29) is 31.1 Å². The quantitative estimate of drug-likeness (QED) is 0.0261. The molecule has 0 rings (SSSR count). The monoisotopic (exact) mass is 1140 g/mol. The number of unbranched alkanes of at least 4 members (excludes halogenated alkanes) is 40. The Labute approximate surface area is 509 Å². The number of carbonyl (C=O) groups is 3. The third-order valence-corrected chi connectivity index (χ3v) is 15.6. The normalized spacial score (nSPS) is 12.6. The summed E-state index contributed by atoms with van der Waals surface area (Å²) in [4.78, 5) is 38.4. The van der Waals surface area contributed by atoms with Crippen molar-refractivity contribution in [2.75, 3.05) is 13.2 Å². The van der Waals surface area contributed by atoms with Crippen molar-refractivity contribution in [3.63, 3.8) is 0 Å². The fourth-order valence-corrected chi connectivity index (χ4v) is 10.3. The highest BCUT2D eigenvalue weighted by Gasteiger charge is 2.19. The third kappa shape index (κ3) is 67.4. The standard InChI is InChI=1S/C76H134O6/c1-4-7-10-13-16-19-22-25-27-29-31-33-35-37-38-40-41-43-45-47-49-51-54-57-60-63-66-69-75(78)81-72-73(71-80-74(77)68-65-62-59-56-53-24-21-18-15-12-9-6-3)82-76(79)70-67-64-61-58-55-52-50-48-46-44-42-39-36-34-32-30-28-26-23-20-17-14-11-8-5-2/h8,11,17,20,26,28-29,31-32,34,39,42,46,48,73H,4-7,9-10,12-16,18-19,21-25,27,30,33,35-38,40-41,43-45,47,49-72H2,1-3H3/b11-8-,20-17-,28-26-,31-29-,34-32-,42-39-,48-46-. The van der Waals surface area contributed by atoms with Gasteiger partial charge in [-0.3, -0.25) is 14.4 Å². The van der Waals surface area contributed by atoms with Gasteiger partial charge in [0.05, 0.1) is 0 Å². The van der Waals surface area contributed by atoms with Crippen molar-refractivity contribution in [1.29, 1.82) is 0 Å². The third-order valence-electron chi connectivity index (χ3n) is 15.6. The molecule has 474 valence electrons. The maximum atomic E-state index is 12.9. The van der Waals surface area contributed by atoms with Gasteiger partial charge in [-0.25, -0.2) is 0 Å². The lowest BCUT2D eigenvalue weighted by Crippen LogP contribution is -2.30. The molecule has 0 aromatic heterocycles. The zero-order valence-electron chi connectivity index (χ0n) is 54.5. The van der Waals surface area contributed by atoms with Crippen LogP contribution in [0.15, 0.2) is 85.1 Å². The van der Waals surface area contributed by atoms with Crippen LogP contribution in [0.3, 0.4) is 0 Å². The molecular weight excluding hydrogens is 1010 g/mol. The fourth-order valence-electron chi connectivity index (χ4n) is 10.3. The second-order valence-corrected chi connectivity index (χ2v) is 23.8. The molecule has 1 unspecified atom stereocenters. The Kier molecular flexibility index (Phi) is 67.2. The van der Waals surface area contributed by atoms with E-state index in [1.54, 1.807) is 0 Å². The van der Waals surface area contributed by atoms with Gasteiger partial charge in [-0.05, 0) is 96.3 Å². The highest BCUT2D eigenvalue weighted by atomic mass is 16.6. The second kappa shape index (κ2) is 70.1. The van der Waals surface area contributed by atoms with Gasteiger partial charge in [-0.1, -0.05) is 331 Å². The number of allylic oxidation sites excluding steroid dienone is 14. The van der Waals surface area contributed by atoms with Crippen LogP contribution >= 0.6 is 0 Å². The molecule has 0 heterocycles. The van der Waals surface area contributed by atoms with Crippen molar-refractivity contribution in [3.05, 3.63) is 85.1 Å². The average molecular weight is 1140 g/mol. The van der Waals surface area contributed by atoms with Gasteiger partial charge in [0, 0.05) is 19.3 Å². The molecule has 0 aliphatic heterocycles. The van der Waals surface area contributed by atoms with Crippen molar-refractivity contribution < 1.29 is 28.6 Å². The summed E-state index contributed by atoms with van der Waals surface area (Å²) >= 11 is 0. The number of ether oxygens (including phenoxy) is 3. The predicted octanol–water partition coefficient (Wildman–Crippen LogP) is 24.6. The molecule has 0 aromatic rings. The van der Waals surface area contributed by atoms with Gasteiger partial charge in [-0.2, -0.15) is 0 Å². The maximum absolute atomic E-state index is 12.9. The Morgan fingerprint density at radius 2 is 0.476 bits per heavy atom. The van der Waals surface area contributed by atoms with E-state index in [0.29, 0.717) is 19.3 Å². The van der Waals surface area contributed by atoms with Gasteiger partial charge in [0.2, 0.25) is 0 Å². The Morgan fingerprint density at radius 1 is 0.256 bits per heavy atom. The van der Waals surface area contributed by atoms with Crippen LogP contribution in [0.4, 0.5) is 0 Å². The molecule has 82 heavy (non-hydrogen) atoms. The van der Waals surface area contributed by atoms with Crippen LogP contribution in [-0.4, -0.2) is 37.2 Å². The van der Waals surface area contributed by atoms with Crippen LogP contribution in [0.2, 0.25) is 0 Å². The molecule has 0 amide bonds. The summed E-state index contributed by atoms with van der Waals surface area (Å²) in [6.07, 6.45) is 93.3. The molecule has 0 aromatic carbocycles. The molecule has 6 heteroatoms. The number of esters is 3. The van der Waals surface area contributed by atoms with E-state index < -0.39 is 6.10 Å². The van der Waals surface area contributed by atoms with Crippen LogP contribution in [0.1, 0.15) is 361 Å². The molecule has 0 radical (unpaired) electrons. The maximum Gasteiger partial charge on any atom is 0.306 e. The van der Waals surface area contributed by atoms with Crippen molar-refractivity contribution in [2.45, 2.75) is 367 Å². The van der Waals surface area contributed by atoms with Crippen molar-refractivity contribution in [2.24, 2.45) is 0 Å². The van der Waals surface area contributed by atoms with E-state index in [1.165, 1.54) is 212 Å². The van der Waals surface area contributed by atoms with Crippen LogP contribution in [-0.2, 0) is 28.6 Å². The summed E-state index contributed by atoms with van der Waals surface area (Å²) in [6.45, 7) is 6.56. The molecule has 0 spiro atoms. The number of hydrogen-bond donors (Lipinski definition) is 0. The summed E-state index contributed by atoms with van der Waals surface area (Å²) in [7, 11) is 0. The Hall–Kier alpha value is -3.41. The van der Waals surface area contributed by atoms with E-state index in [2.05, 4.69) is 106 Å². The molecule has 0 aliphatic rings. The SMILES string of the molecule is CC/C=C\C/C=C\C/C=C\C/C=C\C/C=C\C/C=C\CCCCCCCCC(=O)OC(COC(=O)CCCCCCCCCCCCCC)COC(=O)CCCCCCCCCCCCCCCCC/C=C\CCCCCCCCCC. The van der Waals surface area contributed by atoms with Gasteiger partial charge in [0.15, 0.2) is 6.10 Å². The van der Waals surface area contributed by atoms with Gasteiger partial charge in [-0.15, -0.1) is 0 Å². The molecule has 0 bridgehead atoms. The molecule has 0 fully saturated rings. The molecular formula is C76H134O6. The first-order valence-electron chi connectivity index (χ1n) is 35.6. The van der Waals surface area contributed by atoms with Crippen LogP contribution in [0, 0.1) is 0 Å². The zero-order valence-corrected chi connectivity index (χ0v) is 54.5. The first kappa shape index (κ1) is 78.6. The largest absolute Gasteiger partial charge is 0.462 e. The Morgan fingerprint density at radius 3 is 0.756 bits per heavy atom. The van der Waals surface area contributed by atoms with Crippen molar-refractivity contribution in [3.8, 4) is 0 Å². The summed E-state index contributed by atoms with van der Waals surface area (Å²) in [5.41, 5.74) is 0. The minimum atomic E-state index is -0.784.